The molecule has 1 N–H and O–H groups in total. The van der Waals surface area contributed by atoms with E-state index in [0.717, 1.165) is 6.07 Å². The molecule has 0 bridgehead atoms. The lowest BCUT2D eigenvalue weighted by molar-refractivity contribution is -0.385. The summed E-state index contributed by atoms with van der Waals surface area (Å²) in [6.07, 6.45) is 0.399. The van der Waals surface area contributed by atoms with Gasteiger partial charge in [-0.15, -0.1) is 0 Å². The Morgan fingerprint density at radius 2 is 1.96 bits per heavy atom. The largest absolute Gasteiger partial charge is 0.490 e. The zero-order valence-electron chi connectivity index (χ0n) is 13.5. The minimum absolute atomic E-state index is 0.0539. The van der Waals surface area contributed by atoms with Gasteiger partial charge < -0.3 is 14.8 Å². The van der Waals surface area contributed by atoms with Gasteiger partial charge in [-0.1, -0.05) is 13.8 Å². The Morgan fingerprint density at radius 1 is 1.30 bits per heavy atom. The number of methoxy groups -OCH3 is 2. The molecule has 1 aromatic rings. The third-order valence-corrected chi connectivity index (χ3v) is 3.14. The summed E-state index contributed by atoms with van der Waals surface area (Å²) >= 11 is 0. The minimum Gasteiger partial charge on any atom is -0.490 e. The van der Waals surface area contributed by atoms with Gasteiger partial charge in [-0.05, 0) is 24.5 Å². The number of esters is 1. The SMILES string of the molecule is COC(=O)[C@@H](CC(C)C)NC(=O)c1ccc(OC)c([N+](=O)[O-])c1. The first-order chi connectivity index (χ1) is 10.8. The highest BCUT2D eigenvalue weighted by atomic mass is 16.6. The zero-order valence-corrected chi connectivity index (χ0v) is 13.5. The van der Waals surface area contributed by atoms with Crippen LogP contribution in [0.25, 0.3) is 0 Å². The van der Waals surface area contributed by atoms with Crippen LogP contribution in [0.15, 0.2) is 18.2 Å². The van der Waals surface area contributed by atoms with Crippen LogP contribution < -0.4 is 10.1 Å². The van der Waals surface area contributed by atoms with E-state index in [1.165, 1.54) is 26.4 Å². The van der Waals surface area contributed by atoms with Crippen molar-refractivity contribution in [3.05, 3.63) is 33.9 Å². The maximum atomic E-state index is 12.2. The maximum Gasteiger partial charge on any atom is 0.328 e. The molecule has 0 saturated carbocycles. The Kier molecular flexibility index (Phi) is 6.49. The van der Waals surface area contributed by atoms with Gasteiger partial charge in [-0.3, -0.25) is 14.9 Å². The predicted molar refractivity (Wildman–Crippen MR) is 82.4 cm³/mol. The van der Waals surface area contributed by atoms with Crippen molar-refractivity contribution in [1.29, 1.82) is 0 Å². The lowest BCUT2D eigenvalue weighted by Crippen LogP contribution is -2.42. The van der Waals surface area contributed by atoms with E-state index in [4.69, 9.17) is 4.74 Å². The number of amides is 1. The number of nitro groups is 1. The normalized spacial score (nSPS) is 11.7. The Labute approximate surface area is 133 Å². The second-order valence-electron chi connectivity index (χ2n) is 5.32. The smallest absolute Gasteiger partial charge is 0.328 e. The van der Waals surface area contributed by atoms with E-state index in [-0.39, 0.29) is 22.9 Å². The first-order valence-corrected chi connectivity index (χ1v) is 7.01. The van der Waals surface area contributed by atoms with Crippen molar-refractivity contribution in [2.75, 3.05) is 14.2 Å². The first-order valence-electron chi connectivity index (χ1n) is 7.01. The number of hydrogen-bond acceptors (Lipinski definition) is 6. The van der Waals surface area contributed by atoms with Crippen molar-refractivity contribution < 1.29 is 24.0 Å². The van der Waals surface area contributed by atoms with E-state index < -0.39 is 22.8 Å². The van der Waals surface area contributed by atoms with Crippen LogP contribution in [0.2, 0.25) is 0 Å². The van der Waals surface area contributed by atoms with Crippen LogP contribution in [-0.2, 0) is 9.53 Å². The number of carbonyl (C=O) groups is 2. The summed E-state index contributed by atoms with van der Waals surface area (Å²) in [5.74, 6) is -0.940. The molecule has 0 unspecified atom stereocenters. The highest BCUT2D eigenvalue weighted by Crippen LogP contribution is 2.27. The molecule has 1 rings (SSSR count). The number of benzene rings is 1. The molecular weight excluding hydrogens is 304 g/mol. The van der Waals surface area contributed by atoms with Gasteiger partial charge in [0.15, 0.2) is 5.75 Å². The molecule has 23 heavy (non-hydrogen) atoms. The van der Waals surface area contributed by atoms with E-state index in [1.807, 2.05) is 13.8 Å². The fourth-order valence-corrected chi connectivity index (χ4v) is 2.04. The summed E-state index contributed by atoms with van der Waals surface area (Å²) in [4.78, 5) is 34.3. The van der Waals surface area contributed by atoms with Gasteiger partial charge in [0.2, 0.25) is 0 Å². The third kappa shape index (κ3) is 4.94. The average molecular weight is 324 g/mol. The third-order valence-electron chi connectivity index (χ3n) is 3.14. The molecule has 0 spiro atoms. The van der Waals surface area contributed by atoms with Crippen molar-refractivity contribution in [1.82, 2.24) is 5.32 Å². The first kappa shape index (κ1) is 18.4. The minimum atomic E-state index is -0.811. The van der Waals surface area contributed by atoms with Crippen molar-refractivity contribution in [2.45, 2.75) is 26.3 Å². The van der Waals surface area contributed by atoms with Crippen molar-refractivity contribution in [2.24, 2.45) is 5.92 Å². The Balaban J connectivity index is 3.01. The van der Waals surface area contributed by atoms with E-state index in [9.17, 15) is 19.7 Å². The van der Waals surface area contributed by atoms with Crippen molar-refractivity contribution in [3.63, 3.8) is 0 Å². The van der Waals surface area contributed by atoms with Crippen molar-refractivity contribution in [3.8, 4) is 5.75 Å². The molecule has 0 aliphatic heterocycles. The second kappa shape index (κ2) is 8.11. The highest BCUT2D eigenvalue weighted by Gasteiger charge is 2.25. The Morgan fingerprint density at radius 3 is 2.43 bits per heavy atom. The highest BCUT2D eigenvalue weighted by molar-refractivity contribution is 5.97. The summed E-state index contributed by atoms with van der Waals surface area (Å²) in [6.45, 7) is 3.81. The fraction of sp³-hybridized carbons (Fsp3) is 0.467. The molecule has 0 heterocycles. The number of nitro benzene ring substituents is 1. The van der Waals surface area contributed by atoms with Gasteiger partial charge in [-0.2, -0.15) is 0 Å². The molecule has 126 valence electrons. The summed E-state index contributed by atoms with van der Waals surface area (Å²) in [6, 6.07) is 3.03. The Hall–Kier alpha value is -2.64. The summed E-state index contributed by atoms with van der Waals surface area (Å²) in [7, 11) is 2.54. The molecule has 0 fully saturated rings. The zero-order chi connectivity index (χ0) is 17.6. The molecular formula is C15H20N2O6. The molecule has 0 aliphatic rings. The molecule has 1 atom stereocenters. The fourth-order valence-electron chi connectivity index (χ4n) is 2.04. The number of nitrogens with zero attached hydrogens (tertiary/aromatic N) is 1. The number of rotatable bonds is 7. The van der Waals surface area contributed by atoms with Crippen LogP contribution in [0, 0.1) is 16.0 Å². The van der Waals surface area contributed by atoms with Gasteiger partial charge >= 0.3 is 11.7 Å². The number of carbonyl (C=O) groups excluding carboxylic acids is 2. The lowest BCUT2D eigenvalue weighted by Gasteiger charge is -2.18. The van der Waals surface area contributed by atoms with Gasteiger partial charge in [0.05, 0.1) is 19.1 Å². The van der Waals surface area contributed by atoms with Gasteiger partial charge in [0.25, 0.3) is 5.91 Å². The number of ether oxygens (including phenoxy) is 2. The molecule has 1 amide bonds. The topological polar surface area (TPSA) is 108 Å². The quantitative estimate of drug-likeness (QED) is 0.466. The maximum absolute atomic E-state index is 12.2. The van der Waals surface area contributed by atoms with Crippen LogP contribution in [-0.4, -0.2) is 37.1 Å². The molecule has 8 heteroatoms. The standard InChI is InChI=1S/C15H20N2O6/c1-9(2)7-11(15(19)23-4)16-14(18)10-5-6-13(22-3)12(8-10)17(20)21/h5-6,8-9,11H,7H2,1-4H3,(H,16,18)/t11-/m1/s1. The van der Waals surface area contributed by atoms with E-state index in [1.54, 1.807) is 0 Å². The van der Waals surface area contributed by atoms with E-state index in [0.29, 0.717) is 6.42 Å². The summed E-state index contributed by atoms with van der Waals surface area (Å²) < 4.78 is 9.55. The molecule has 0 radical (unpaired) electrons. The molecule has 8 nitrogen and oxygen atoms in total. The molecule has 0 aliphatic carbocycles. The van der Waals surface area contributed by atoms with Gasteiger partial charge in [0.1, 0.15) is 6.04 Å². The molecule has 0 aromatic heterocycles. The second-order valence-corrected chi connectivity index (χ2v) is 5.32. The van der Waals surface area contributed by atoms with Crippen LogP contribution >= 0.6 is 0 Å². The van der Waals surface area contributed by atoms with Crippen molar-refractivity contribution >= 4 is 17.6 Å². The lowest BCUT2D eigenvalue weighted by atomic mass is 10.0. The molecule has 0 saturated heterocycles. The monoisotopic (exact) mass is 324 g/mol. The average Bonchev–Trinajstić information content (AvgIpc) is 2.52. The summed E-state index contributed by atoms with van der Waals surface area (Å²) in [5, 5.41) is 13.5. The molecule has 1 aromatic carbocycles. The predicted octanol–water partition coefficient (Wildman–Crippen LogP) is 1.92. The van der Waals surface area contributed by atoms with Crippen LogP contribution in [0.3, 0.4) is 0 Å². The van der Waals surface area contributed by atoms with E-state index in [2.05, 4.69) is 10.1 Å². The van der Waals surface area contributed by atoms with Gasteiger partial charge in [0, 0.05) is 11.6 Å². The summed E-state index contributed by atoms with van der Waals surface area (Å²) in [5.41, 5.74) is -0.256. The van der Waals surface area contributed by atoms with E-state index >= 15 is 0 Å². The van der Waals surface area contributed by atoms with Crippen LogP contribution in [0.5, 0.6) is 5.75 Å². The number of hydrogen-bond donors (Lipinski definition) is 1. The van der Waals surface area contributed by atoms with Crippen LogP contribution in [0.4, 0.5) is 5.69 Å². The number of nitrogens with one attached hydrogen (secondary N) is 1. The van der Waals surface area contributed by atoms with Gasteiger partial charge in [-0.25, -0.2) is 4.79 Å². The van der Waals surface area contributed by atoms with Crippen LogP contribution in [0.1, 0.15) is 30.6 Å². The Bertz CT molecular complexity index is 600.